The summed E-state index contributed by atoms with van der Waals surface area (Å²) in [5, 5.41) is 3.32. The van der Waals surface area contributed by atoms with Gasteiger partial charge in [-0.2, -0.15) is 0 Å². The van der Waals surface area contributed by atoms with Crippen LogP contribution in [0.5, 0.6) is 17.2 Å². The lowest BCUT2D eigenvalue weighted by atomic mass is 10.1. The lowest BCUT2D eigenvalue weighted by molar-refractivity contribution is -0.115. The smallest absolute Gasteiger partial charge is 0.264 e. The Morgan fingerprint density at radius 1 is 0.938 bits per heavy atom. The Morgan fingerprint density at radius 2 is 1.72 bits per heavy atom. The molecule has 1 aliphatic rings. The summed E-state index contributed by atoms with van der Waals surface area (Å²) >= 11 is 1.28. The number of aliphatic imine (C=N–C) groups is 1. The maximum atomic E-state index is 12.6. The van der Waals surface area contributed by atoms with Gasteiger partial charge in [-0.1, -0.05) is 42.5 Å². The molecule has 3 aromatic carbocycles. The summed E-state index contributed by atoms with van der Waals surface area (Å²) in [5.74, 6) is 1.73. The third-order valence-corrected chi connectivity index (χ3v) is 5.61. The van der Waals surface area contributed by atoms with Crippen molar-refractivity contribution in [2.45, 2.75) is 6.61 Å². The zero-order chi connectivity index (χ0) is 22.3. The normalized spacial score (nSPS) is 15.6. The van der Waals surface area contributed by atoms with Crippen molar-refractivity contribution in [1.29, 1.82) is 0 Å². The van der Waals surface area contributed by atoms with Crippen LogP contribution in [0.3, 0.4) is 0 Å². The average Bonchev–Trinajstić information content (AvgIpc) is 3.17. The van der Waals surface area contributed by atoms with Gasteiger partial charge in [0.15, 0.2) is 16.7 Å². The summed E-state index contributed by atoms with van der Waals surface area (Å²) in [6.45, 7) is 0.390. The molecule has 0 radical (unpaired) electrons. The van der Waals surface area contributed by atoms with Gasteiger partial charge >= 0.3 is 0 Å². The number of methoxy groups -OCH3 is 2. The van der Waals surface area contributed by atoms with Crippen LogP contribution in [-0.2, 0) is 11.4 Å². The van der Waals surface area contributed by atoms with Crippen LogP contribution in [-0.4, -0.2) is 25.3 Å². The average molecular weight is 447 g/mol. The predicted octanol–water partition coefficient (Wildman–Crippen LogP) is 5.17. The summed E-state index contributed by atoms with van der Waals surface area (Å²) in [4.78, 5) is 17.6. The zero-order valence-electron chi connectivity index (χ0n) is 17.7. The summed E-state index contributed by atoms with van der Waals surface area (Å²) in [7, 11) is 3.21. The number of para-hydroxylation sites is 1. The summed E-state index contributed by atoms with van der Waals surface area (Å²) in [6.07, 6.45) is 1.79. The van der Waals surface area contributed by atoms with Crippen molar-refractivity contribution in [3.8, 4) is 17.2 Å². The highest BCUT2D eigenvalue weighted by atomic mass is 32.2. The van der Waals surface area contributed by atoms with Crippen molar-refractivity contribution < 1.29 is 19.0 Å². The number of nitrogens with zero attached hydrogens (tertiary/aromatic N) is 1. The molecule has 1 N–H and O–H groups in total. The van der Waals surface area contributed by atoms with Crippen LogP contribution in [0.4, 0.5) is 5.69 Å². The van der Waals surface area contributed by atoms with Crippen LogP contribution < -0.4 is 19.5 Å². The molecule has 0 unspecified atom stereocenters. The SMILES string of the molecule is COc1ccc(N=C2NC(=O)/C(=C/c3cccc(OC)c3OCc3ccccc3)S2)cc1. The highest BCUT2D eigenvalue weighted by Crippen LogP contribution is 2.36. The van der Waals surface area contributed by atoms with E-state index in [9.17, 15) is 4.79 Å². The fourth-order valence-corrected chi connectivity index (χ4v) is 3.92. The molecule has 1 amide bonds. The third kappa shape index (κ3) is 5.12. The highest BCUT2D eigenvalue weighted by molar-refractivity contribution is 8.18. The number of carbonyl (C=O) groups is 1. The van der Waals surface area contributed by atoms with Gasteiger partial charge in [0.05, 0.1) is 24.8 Å². The van der Waals surface area contributed by atoms with Gasteiger partial charge in [0.2, 0.25) is 0 Å². The Morgan fingerprint density at radius 3 is 2.44 bits per heavy atom. The van der Waals surface area contributed by atoms with Gasteiger partial charge in [0, 0.05) is 5.56 Å². The van der Waals surface area contributed by atoms with Gasteiger partial charge in [0.25, 0.3) is 5.91 Å². The van der Waals surface area contributed by atoms with E-state index in [1.165, 1.54) is 11.8 Å². The number of hydrogen-bond donors (Lipinski definition) is 1. The number of thioether (sulfide) groups is 1. The number of benzene rings is 3. The molecular formula is C25H22N2O4S. The lowest BCUT2D eigenvalue weighted by Gasteiger charge is -2.13. The molecule has 1 heterocycles. The zero-order valence-corrected chi connectivity index (χ0v) is 18.5. The minimum Gasteiger partial charge on any atom is -0.497 e. The van der Waals surface area contributed by atoms with Crippen LogP contribution in [0, 0.1) is 0 Å². The minimum absolute atomic E-state index is 0.209. The molecule has 6 nitrogen and oxygen atoms in total. The molecule has 0 aliphatic carbocycles. The van der Waals surface area contributed by atoms with E-state index in [1.54, 1.807) is 20.3 Å². The summed E-state index contributed by atoms with van der Waals surface area (Å²) < 4.78 is 16.7. The molecule has 162 valence electrons. The Labute approximate surface area is 190 Å². The maximum Gasteiger partial charge on any atom is 0.264 e. The molecule has 4 rings (SSSR count). The van der Waals surface area contributed by atoms with Crippen molar-refractivity contribution in [1.82, 2.24) is 5.32 Å². The van der Waals surface area contributed by atoms with E-state index in [0.29, 0.717) is 28.2 Å². The number of ether oxygens (including phenoxy) is 3. The van der Waals surface area contributed by atoms with E-state index >= 15 is 0 Å². The molecular weight excluding hydrogens is 424 g/mol. The quantitative estimate of drug-likeness (QED) is 0.507. The monoisotopic (exact) mass is 446 g/mol. The Kier molecular flexibility index (Phi) is 6.77. The van der Waals surface area contributed by atoms with Gasteiger partial charge in [-0.3, -0.25) is 4.79 Å². The van der Waals surface area contributed by atoms with Crippen molar-refractivity contribution >= 4 is 34.6 Å². The second kappa shape index (κ2) is 10.1. The van der Waals surface area contributed by atoms with Crippen LogP contribution in [0.25, 0.3) is 6.08 Å². The van der Waals surface area contributed by atoms with Crippen LogP contribution in [0.15, 0.2) is 82.7 Å². The Bertz CT molecular complexity index is 1160. The molecule has 0 aromatic heterocycles. The summed E-state index contributed by atoms with van der Waals surface area (Å²) in [5.41, 5.74) is 2.52. The van der Waals surface area contributed by atoms with Gasteiger partial charge in [-0.25, -0.2) is 4.99 Å². The lowest BCUT2D eigenvalue weighted by Crippen LogP contribution is -2.19. The summed E-state index contributed by atoms with van der Waals surface area (Å²) in [6, 6.07) is 22.8. The Balaban J connectivity index is 1.57. The molecule has 0 spiro atoms. The van der Waals surface area contributed by atoms with E-state index < -0.39 is 0 Å². The molecule has 1 aliphatic heterocycles. The van der Waals surface area contributed by atoms with Gasteiger partial charge in [0.1, 0.15) is 12.4 Å². The van der Waals surface area contributed by atoms with Crippen molar-refractivity contribution in [3.05, 3.63) is 88.8 Å². The second-order valence-corrected chi connectivity index (χ2v) is 7.86. The molecule has 3 aromatic rings. The minimum atomic E-state index is -0.209. The third-order valence-electron chi connectivity index (χ3n) is 4.70. The van der Waals surface area contributed by atoms with E-state index in [4.69, 9.17) is 14.2 Å². The van der Waals surface area contributed by atoms with Crippen molar-refractivity contribution in [2.24, 2.45) is 4.99 Å². The largest absolute Gasteiger partial charge is 0.497 e. The first kappa shape index (κ1) is 21.5. The van der Waals surface area contributed by atoms with Crippen molar-refractivity contribution in [3.63, 3.8) is 0 Å². The van der Waals surface area contributed by atoms with Gasteiger partial charge in [-0.15, -0.1) is 0 Å². The van der Waals surface area contributed by atoms with Crippen LogP contribution in [0.1, 0.15) is 11.1 Å². The molecule has 32 heavy (non-hydrogen) atoms. The van der Waals surface area contributed by atoms with Gasteiger partial charge < -0.3 is 19.5 Å². The number of hydrogen-bond acceptors (Lipinski definition) is 6. The second-order valence-electron chi connectivity index (χ2n) is 6.83. The van der Waals surface area contributed by atoms with Crippen LogP contribution >= 0.6 is 11.8 Å². The number of rotatable bonds is 7. The fraction of sp³-hybridized carbons (Fsp3) is 0.120. The first-order valence-corrected chi connectivity index (χ1v) is 10.8. The molecule has 0 bridgehead atoms. The van der Waals surface area contributed by atoms with E-state index in [-0.39, 0.29) is 5.91 Å². The van der Waals surface area contributed by atoms with Crippen LogP contribution in [0.2, 0.25) is 0 Å². The molecule has 1 fully saturated rings. The van der Waals surface area contributed by atoms with Gasteiger partial charge in [-0.05, 0) is 53.7 Å². The van der Waals surface area contributed by atoms with E-state index in [0.717, 1.165) is 22.6 Å². The maximum absolute atomic E-state index is 12.6. The van der Waals surface area contributed by atoms with E-state index in [2.05, 4.69) is 10.3 Å². The number of amidine groups is 1. The molecule has 0 saturated carbocycles. The number of amides is 1. The topological polar surface area (TPSA) is 69.2 Å². The molecule has 1 saturated heterocycles. The highest BCUT2D eigenvalue weighted by Gasteiger charge is 2.24. The number of nitrogens with one attached hydrogen (secondary N) is 1. The fourth-order valence-electron chi connectivity index (χ4n) is 3.09. The van der Waals surface area contributed by atoms with E-state index in [1.807, 2.05) is 72.8 Å². The number of carbonyl (C=O) groups excluding carboxylic acids is 1. The van der Waals surface area contributed by atoms with Crippen molar-refractivity contribution in [2.75, 3.05) is 14.2 Å². The predicted molar refractivity (Wildman–Crippen MR) is 128 cm³/mol. The molecule has 0 atom stereocenters. The first-order valence-electron chi connectivity index (χ1n) is 9.93. The Hall–Kier alpha value is -3.71. The first-order chi connectivity index (χ1) is 15.7. The molecule has 7 heteroatoms. The standard InChI is InChI=1S/C25H22N2O4S/c1-29-20-13-11-19(12-14-20)26-25-27-24(28)22(32-25)15-18-9-6-10-21(30-2)23(18)31-16-17-7-4-3-5-8-17/h3-15H,16H2,1-2H3,(H,26,27,28)/b22-15-.